The highest BCUT2D eigenvalue weighted by Gasteiger charge is 2.25. The zero-order valence-electron chi connectivity index (χ0n) is 15.5. The third-order valence-corrected chi connectivity index (χ3v) is 7.08. The number of nitrogens with zero attached hydrogens (tertiary/aromatic N) is 1. The second kappa shape index (κ2) is 7.98. The van der Waals surface area contributed by atoms with Crippen LogP contribution in [0.4, 0.5) is 5.69 Å². The van der Waals surface area contributed by atoms with Crippen molar-refractivity contribution in [3.8, 4) is 0 Å². The standard InChI is InChI=1S/C21H24N2O2S2/c1-2-3-10-25-21(24)19-18(22)17-15-9-5-4-8-14(15)16(23-20(17)27-19)12-13-7-6-11-26-13/h6-7,11H,2-5,8-10,12,22H2,1H3. The molecule has 0 saturated carbocycles. The summed E-state index contributed by atoms with van der Waals surface area (Å²) in [6.07, 6.45) is 7.13. The zero-order valence-corrected chi connectivity index (χ0v) is 17.2. The molecule has 0 atom stereocenters. The third kappa shape index (κ3) is 3.60. The predicted molar refractivity (Wildman–Crippen MR) is 113 cm³/mol. The van der Waals surface area contributed by atoms with Gasteiger partial charge in [-0.3, -0.25) is 0 Å². The summed E-state index contributed by atoms with van der Waals surface area (Å²) in [6, 6.07) is 4.24. The number of ether oxygens (including phenoxy) is 1. The SMILES string of the molecule is CCCCOC(=O)c1sc2nc(Cc3cccs3)c3c(c2c1N)CCCC3. The predicted octanol–water partition coefficient (Wildman–Crippen LogP) is 5.37. The number of hydrogen-bond donors (Lipinski definition) is 1. The summed E-state index contributed by atoms with van der Waals surface area (Å²) in [5.41, 5.74) is 10.8. The molecule has 1 aliphatic rings. The van der Waals surface area contributed by atoms with E-state index < -0.39 is 0 Å². The first kappa shape index (κ1) is 18.4. The van der Waals surface area contributed by atoms with Crippen LogP contribution >= 0.6 is 22.7 Å². The molecule has 6 heteroatoms. The van der Waals surface area contributed by atoms with Gasteiger partial charge in [-0.1, -0.05) is 19.4 Å². The molecule has 0 spiro atoms. The molecule has 1 aliphatic carbocycles. The number of aromatic nitrogens is 1. The highest BCUT2D eigenvalue weighted by Crippen LogP contribution is 2.40. The maximum atomic E-state index is 12.5. The minimum Gasteiger partial charge on any atom is -0.461 e. The third-order valence-electron chi connectivity index (χ3n) is 5.12. The van der Waals surface area contributed by atoms with Crippen LogP contribution in [0.3, 0.4) is 0 Å². The summed E-state index contributed by atoms with van der Waals surface area (Å²) in [5, 5.41) is 3.10. The summed E-state index contributed by atoms with van der Waals surface area (Å²) < 4.78 is 5.40. The smallest absolute Gasteiger partial charge is 0.350 e. The minimum atomic E-state index is -0.312. The van der Waals surface area contributed by atoms with Crippen LogP contribution < -0.4 is 5.73 Å². The molecular weight excluding hydrogens is 376 g/mol. The number of carbonyl (C=O) groups is 1. The molecule has 0 fully saturated rings. The molecule has 4 nitrogen and oxygen atoms in total. The highest BCUT2D eigenvalue weighted by molar-refractivity contribution is 7.21. The molecule has 27 heavy (non-hydrogen) atoms. The van der Waals surface area contributed by atoms with E-state index in [0.29, 0.717) is 17.2 Å². The maximum Gasteiger partial charge on any atom is 0.350 e. The van der Waals surface area contributed by atoms with Crippen molar-refractivity contribution >= 4 is 44.5 Å². The van der Waals surface area contributed by atoms with Gasteiger partial charge in [0.2, 0.25) is 0 Å². The maximum absolute atomic E-state index is 12.5. The van der Waals surface area contributed by atoms with E-state index in [1.165, 1.54) is 33.8 Å². The number of thiophene rings is 2. The lowest BCUT2D eigenvalue weighted by molar-refractivity contribution is 0.0506. The van der Waals surface area contributed by atoms with E-state index in [1.807, 2.05) is 0 Å². The van der Waals surface area contributed by atoms with Gasteiger partial charge in [0.1, 0.15) is 9.71 Å². The Labute approximate surface area is 167 Å². The Morgan fingerprint density at radius 1 is 1.30 bits per heavy atom. The quantitative estimate of drug-likeness (QED) is 0.446. The van der Waals surface area contributed by atoms with Gasteiger partial charge in [0, 0.05) is 16.7 Å². The number of nitrogen functional groups attached to an aromatic ring is 1. The Balaban J connectivity index is 1.77. The molecule has 3 aromatic heterocycles. The van der Waals surface area contributed by atoms with Gasteiger partial charge in [-0.05, 0) is 54.7 Å². The van der Waals surface area contributed by atoms with E-state index in [9.17, 15) is 4.79 Å². The van der Waals surface area contributed by atoms with Crippen LogP contribution in [0.2, 0.25) is 0 Å². The number of aryl methyl sites for hydroxylation is 1. The summed E-state index contributed by atoms with van der Waals surface area (Å²) in [5.74, 6) is -0.312. The van der Waals surface area contributed by atoms with Crippen molar-refractivity contribution in [1.82, 2.24) is 4.98 Å². The van der Waals surface area contributed by atoms with E-state index >= 15 is 0 Å². The molecular formula is C21H24N2O2S2. The molecule has 3 aromatic rings. The summed E-state index contributed by atoms with van der Waals surface area (Å²) >= 11 is 3.15. The van der Waals surface area contributed by atoms with Gasteiger partial charge >= 0.3 is 5.97 Å². The van der Waals surface area contributed by atoms with Crippen LogP contribution in [0.25, 0.3) is 10.2 Å². The Morgan fingerprint density at radius 3 is 2.85 bits per heavy atom. The first-order valence-electron chi connectivity index (χ1n) is 9.61. The fourth-order valence-corrected chi connectivity index (χ4v) is 5.49. The van der Waals surface area contributed by atoms with Gasteiger partial charge in [-0.15, -0.1) is 22.7 Å². The summed E-state index contributed by atoms with van der Waals surface area (Å²) in [4.78, 5) is 20.2. The van der Waals surface area contributed by atoms with E-state index in [4.69, 9.17) is 15.5 Å². The summed E-state index contributed by atoms with van der Waals surface area (Å²) in [7, 11) is 0. The number of anilines is 1. The van der Waals surface area contributed by atoms with Crippen molar-refractivity contribution in [2.24, 2.45) is 0 Å². The molecule has 4 rings (SSSR count). The lowest BCUT2D eigenvalue weighted by Crippen LogP contribution is -2.10. The molecule has 0 bridgehead atoms. The Morgan fingerprint density at radius 2 is 2.11 bits per heavy atom. The average molecular weight is 401 g/mol. The van der Waals surface area contributed by atoms with Gasteiger partial charge in [0.15, 0.2) is 0 Å². The van der Waals surface area contributed by atoms with Gasteiger partial charge < -0.3 is 10.5 Å². The zero-order chi connectivity index (χ0) is 18.8. The van der Waals surface area contributed by atoms with Crippen molar-refractivity contribution < 1.29 is 9.53 Å². The second-order valence-corrected chi connectivity index (χ2v) is 9.02. The second-order valence-electron chi connectivity index (χ2n) is 6.99. The van der Waals surface area contributed by atoms with Crippen LogP contribution in [0.5, 0.6) is 0 Å². The fourth-order valence-electron chi connectivity index (χ4n) is 3.74. The number of carbonyl (C=O) groups excluding carboxylic acids is 1. The highest BCUT2D eigenvalue weighted by atomic mass is 32.1. The van der Waals surface area contributed by atoms with Crippen LogP contribution in [0.15, 0.2) is 17.5 Å². The number of unbranched alkanes of at least 4 members (excludes halogenated alkanes) is 1. The molecule has 142 valence electrons. The van der Waals surface area contributed by atoms with E-state index in [1.54, 1.807) is 11.3 Å². The van der Waals surface area contributed by atoms with Crippen molar-refractivity contribution in [3.05, 3.63) is 44.1 Å². The van der Waals surface area contributed by atoms with Crippen molar-refractivity contribution in [1.29, 1.82) is 0 Å². The number of esters is 1. The minimum absolute atomic E-state index is 0.312. The summed E-state index contributed by atoms with van der Waals surface area (Å²) in [6.45, 7) is 2.52. The van der Waals surface area contributed by atoms with Gasteiger partial charge in [-0.2, -0.15) is 0 Å². The number of nitrogens with two attached hydrogens (primary N) is 1. The molecule has 3 heterocycles. The van der Waals surface area contributed by atoms with Crippen LogP contribution in [0, 0.1) is 0 Å². The number of fused-ring (bicyclic) bond motifs is 3. The van der Waals surface area contributed by atoms with Crippen molar-refractivity contribution in [3.63, 3.8) is 0 Å². The Bertz CT molecular complexity index is 961. The molecule has 2 N–H and O–H groups in total. The molecule has 0 aliphatic heterocycles. The molecule has 0 saturated heterocycles. The van der Waals surface area contributed by atoms with Gasteiger partial charge in [0.05, 0.1) is 18.0 Å². The molecule has 0 aromatic carbocycles. The van der Waals surface area contributed by atoms with E-state index in [0.717, 1.165) is 54.4 Å². The Kier molecular flexibility index (Phi) is 5.45. The largest absolute Gasteiger partial charge is 0.461 e. The number of hydrogen-bond acceptors (Lipinski definition) is 6. The number of rotatable bonds is 6. The van der Waals surface area contributed by atoms with Crippen molar-refractivity contribution in [2.45, 2.75) is 51.9 Å². The topological polar surface area (TPSA) is 65.2 Å². The first-order valence-corrected chi connectivity index (χ1v) is 11.3. The lowest BCUT2D eigenvalue weighted by atomic mass is 9.88. The normalized spacial score (nSPS) is 13.7. The number of pyridine rings is 1. The van der Waals surface area contributed by atoms with Gasteiger partial charge in [-0.25, -0.2) is 9.78 Å². The Hall–Kier alpha value is -1.92. The van der Waals surface area contributed by atoms with Crippen LogP contribution in [-0.4, -0.2) is 17.6 Å². The van der Waals surface area contributed by atoms with Crippen LogP contribution in [-0.2, 0) is 24.0 Å². The van der Waals surface area contributed by atoms with Crippen LogP contribution in [0.1, 0.15) is 64.0 Å². The van der Waals surface area contributed by atoms with E-state index in [-0.39, 0.29) is 5.97 Å². The van der Waals surface area contributed by atoms with Crippen molar-refractivity contribution in [2.75, 3.05) is 12.3 Å². The molecule has 0 unspecified atom stereocenters. The fraction of sp³-hybridized carbons (Fsp3) is 0.429. The molecule has 0 radical (unpaired) electrons. The first-order chi connectivity index (χ1) is 13.2. The average Bonchev–Trinajstić information content (AvgIpc) is 3.30. The van der Waals surface area contributed by atoms with E-state index in [2.05, 4.69) is 24.4 Å². The monoisotopic (exact) mass is 400 g/mol. The molecule has 0 amide bonds. The van der Waals surface area contributed by atoms with Gasteiger partial charge in [0.25, 0.3) is 0 Å². The lowest BCUT2D eigenvalue weighted by Gasteiger charge is -2.20.